The molecule has 0 spiro atoms. The van der Waals surface area contributed by atoms with Crippen molar-refractivity contribution in [2.75, 3.05) is 4.72 Å². The van der Waals surface area contributed by atoms with E-state index < -0.39 is 10.0 Å². The first-order chi connectivity index (χ1) is 10.1. The number of benzene rings is 2. The molecule has 0 unspecified atom stereocenters. The summed E-state index contributed by atoms with van der Waals surface area (Å²) in [7, 11) is -3.90. The fourth-order valence-electron chi connectivity index (χ4n) is 1.61. The molecule has 118 valence electrons. The van der Waals surface area contributed by atoms with E-state index in [9.17, 15) is 8.42 Å². The lowest BCUT2D eigenvalue weighted by molar-refractivity contribution is 0.601. The number of nitrogens with one attached hydrogen (secondary N) is 1. The van der Waals surface area contributed by atoms with E-state index in [2.05, 4.69) is 4.72 Å². The van der Waals surface area contributed by atoms with Gasteiger partial charge in [-0.25, -0.2) is 8.42 Å². The lowest BCUT2D eigenvalue weighted by atomic mass is 10.2. The Balaban J connectivity index is 2.53. The molecular formula is C13H8Cl5NO2S. The van der Waals surface area contributed by atoms with Crippen LogP contribution in [0, 0.1) is 6.92 Å². The maximum Gasteiger partial charge on any atom is 0.261 e. The molecule has 0 amide bonds. The summed E-state index contributed by atoms with van der Waals surface area (Å²) in [5.74, 6) is 0. The van der Waals surface area contributed by atoms with Gasteiger partial charge in [-0.05, 0) is 19.1 Å². The summed E-state index contributed by atoms with van der Waals surface area (Å²) in [5.41, 5.74) is 0.802. The second-order valence-corrected chi connectivity index (χ2v) is 7.94. The number of hydrogen-bond acceptors (Lipinski definition) is 2. The Morgan fingerprint density at radius 3 is 1.64 bits per heavy atom. The molecule has 22 heavy (non-hydrogen) atoms. The highest BCUT2D eigenvalue weighted by Crippen LogP contribution is 2.47. The molecule has 0 atom stereocenters. The summed E-state index contributed by atoms with van der Waals surface area (Å²) in [4.78, 5) is 0.0485. The van der Waals surface area contributed by atoms with Crippen LogP contribution in [0.25, 0.3) is 0 Å². The van der Waals surface area contributed by atoms with E-state index in [0.717, 1.165) is 5.56 Å². The van der Waals surface area contributed by atoms with Crippen LogP contribution in [0.2, 0.25) is 25.1 Å². The Labute approximate surface area is 153 Å². The molecule has 0 radical (unpaired) electrons. The van der Waals surface area contributed by atoms with Crippen LogP contribution in [-0.4, -0.2) is 8.42 Å². The number of rotatable bonds is 3. The zero-order valence-corrected chi connectivity index (χ0v) is 15.5. The second-order valence-electron chi connectivity index (χ2n) is 4.36. The molecule has 0 aliphatic rings. The first-order valence-electron chi connectivity index (χ1n) is 5.76. The monoisotopic (exact) mass is 417 g/mol. The molecule has 0 aliphatic carbocycles. The van der Waals surface area contributed by atoms with E-state index in [1.54, 1.807) is 12.1 Å². The van der Waals surface area contributed by atoms with Gasteiger partial charge in [0.1, 0.15) is 0 Å². The normalized spacial score (nSPS) is 11.5. The number of hydrogen-bond donors (Lipinski definition) is 1. The Bertz CT molecular complexity index is 805. The van der Waals surface area contributed by atoms with E-state index in [4.69, 9.17) is 58.0 Å². The minimum absolute atomic E-state index is 0.0448. The van der Waals surface area contributed by atoms with Crippen molar-refractivity contribution in [2.45, 2.75) is 11.8 Å². The summed E-state index contributed by atoms with van der Waals surface area (Å²) in [5, 5.41) is -0.469. The molecule has 1 N–H and O–H groups in total. The highest BCUT2D eigenvalue weighted by molar-refractivity contribution is 7.92. The van der Waals surface area contributed by atoms with Gasteiger partial charge in [-0.3, -0.25) is 4.72 Å². The Morgan fingerprint density at radius 2 is 1.18 bits per heavy atom. The van der Waals surface area contributed by atoms with E-state index in [0.29, 0.717) is 0 Å². The smallest absolute Gasteiger partial charge is 0.261 e. The van der Waals surface area contributed by atoms with Crippen molar-refractivity contribution < 1.29 is 8.42 Å². The maximum absolute atomic E-state index is 12.4. The molecule has 0 bridgehead atoms. The van der Waals surface area contributed by atoms with Gasteiger partial charge < -0.3 is 0 Å². The van der Waals surface area contributed by atoms with Gasteiger partial charge in [0.05, 0.1) is 35.7 Å². The van der Waals surface area contributed by atoms with Crippen LogP contribution in [0.4, 0.5) is 5.69 Å². The molecule has 9 heteroatoms. The van der Waals surface area contributed by atoms with Crippen molar-refractivity contribution in [2.24, 2.45) is 0 Å². The standard InChI is InChI=1S/C13H8Cl5NO2S/c1-6-2-4-7(5-3-6)22(20,21)19-13-11(17)9(15)8(14)10(16)12(13)18/h2-5,19H,1H3. The van der Waals surface area contributed by atoms with Gasteiger partial charge in [0.2, 0.25) is 0 Å². The first kappa shape index (κ1) is 18.0. The quantitative estimate of drug-likeness (QED) is 0.485. The highest BCUT2D eigenvalue weighted by Gasteiger charge is 2.23. The lowest BCUT2D eigenvalue weighted by Gasteiger charge is -2.14. The van der Waals surface area contributed by atoms with Crippen molar-refractivity contribution in [3.63, 3.8) is 0 Å². The number of sulfonamides is 1. The van der Waals surface area contributed by atoms with E-state index in [-0.39, 0.29) is 35.7 Å². The summed E-state index contributed by atoms with van der Waals surface area (Å²) in [6.07, 6.45) is 0. The van der Waals surface area contributed by atoms with Gasteiger partial charge in [0.25, 0.3) is 10.0 Å². The second kappa shape index (κ2) is 6.63. The number of aryl methyl sites for hydroxylation is 1. The Kier molecular flexibility index (Phi) is 5.42. The summed E-state index contributed by atoms with van der Waals surface area (Å²) >= 11 is 29.7. The molecule has 3 nitrogen and oxygen atoms in total. The Morgan fingerprint density at radius 1 is 0.773 bits per heavy atom. The molecule has 0 heterocycles. The van der Waals surface area contributed by atoms with Gasteiger partial charge in [-0.2, -0.15) is 0 Å². The fraction of sp³-hybridized carbons (Fsp3) is 0.0769. The van der Waals surface area contributed by atoms with Crippen LogP contribution in [0.1, 0.15) is 5.56 Å². The topological polar surface area (TPSA) is 46.2 Å². The summed E-state index contributed by atoms with van der Waals surface area (Å²) < 4.78 is 27.0. The van der Waals surface area contributed by atoms with Crippen LogP contribution >= 0.6 is 58.0 Å². The number of anilines is 1. The molecule has 0 aromatic heterocycles. The van der Waals surface area contributed by atoms with E-state index in [1.807, 2.05) is 6.92 Å². The van der Waals surface area contributed by atoms with E-state index in [1.165, 1.54) is 12.1 Å². The molecule has 2 aromatic carbocycles. The van der Waals surface area contributed by atoms with Crippen LogP contribution < -0.4 is 4.72 Å². The molecule has 2 rings (SSSR count). The third kappa shape index (κ3) is 3.42. The minimum Gasteiger partial charge on any atom is -0.276 e. The highest BCUT2D eigenvalue weighted by atomic mass is 35.5. The predicted octanol–water partition coefficient (Wildman–Crippen LogP) is 6.06. The minimum atomic E-state index is -3.90. The van der Waals surface area contributed by atoms with Crippen molar-refractivity contribution in [3.05, 3.63) is 54.9 Å². The zero-order valence-electron chi connectivity index (χ0n) is 10.9. The van der Waals surface area contributed by atoms with Crippen molar-refractivity contribution >= 4 is 73.7 Å². The van der Waals surface area contributed by atoms with Crippen molar-refractivity contribution in [1.82, 2.24) is 0 Å². The molecule has 0 fully saturated rings. The average Bonchev–Trinajstić information content (AvgIpc) is 2.48. The van der Waals surface area contributed by atoms with Gasteiger partial charge in [-0.15, -0.1) is 0 Å². The average molecular weight is 420 g/mol. The molecular weight excluding hydrogens is 411 g/mol. The molecule has 0 aliphatic heterocycles. The molecule has 2 aromatic rings. The van der Waals surface area contributed by atoms with Gasteiger partial charge >= 0.3 is 0 Å². The van der Waals surface area contributed by atoms with Crippen LogP contribution in [0.15, 0.2) is 29.2 Å². The van der Waals surface area contributed by atoms with Gasteiger partial charge in [0, 0.05) is 0 Å². The van der Waals surface area contributed by atoms with Crippen molar-refractivity contribution in [1.29, 1.82) is 0 Å². The molecule has 0 saturated heterocycles. The largest absolute Gasteiger partial charge is 0.276 e. The maximum atomic E-state index is 12.4. The van der Waals surface area contributed by atoms with Crippen LogP contribution in [0.3, 0.4) is 0 Å². The summed E-state index contributed by atoms with van der Waals surface area (Å²) in [6, 6.07) is 6.25. The SMILES string of the molecule is Cc1ccc(S(=O)(=O)Nc2c(Cl)c(Cl)c(Cl)c(Cl)c2Cl)cc1. The zero-order chi connectivity index (χ0) is 16.7. The summed E-state index contributed by atoms with van der Waals surface area (Å²) in [6.45, 7) is 1.84. The first-order valence-corrected chi connectivity index (χ1v) is 9.13. The van der Waals surface area contributed by atoms with Crippen molar-refractivity contribution in [3.8, 4) is 0 Å². The van der Waals surface area contributed by atoms with Gasteiger partial charge in [0.15, 0.2) is 0 Å². The predicted molar refractivity (Wildman–Crippen MR) is 93.5 cm³/mol. The molecule has 0 saturated carbocycles. The van der Waals surface area contributed by atoms with Gasteiger partial charge in [-0.1, -0.05) is 75.7 Å². The van der Waals surface area contributed by atoms with Crippen LogP contribution in [0.5, 0.6) is 0 Å². The third-order valence-electron chi connectivity index (χ3n) is 2.78. The number of halogens is 5. The lowest BCUT2D eigenvalue weighted by Crippen LogP contribution is -2.14. The third-order valence-corrected chi connectivity index (χ3v) is 6.42. The van der Waals surface area contributed by atoms with E-state index >= 15 is 0 Å². The fourth-order valence-corrected chi connectivity index (χ4v) is 4.04. The Hall–Kier alpha value is -0.360. The van der Waals surface area contributed by atoms with Crippen LogP contribution in [-0.2, 0) is 10.0 Å².